The maximum absolute atomic E-state index is 10.6. The van der Waals surface area contributed by atoms with E-state index in [9.17, 15) is 4.79 Å². The van der Waals surface area contributed by atoms with Crippen LogP contribution in [0.4, 0.5) is 4.79 Å². The normalized spacial score (nSPS) is 16.3. The lowest BCUT2D eigenvalue weighted by molar-refractivity contribution is 0.129. The van der Waals surface area contributed by atoms with Gasteiger partial charge in [0.25, 0.3) is 0 Å². The second kappa shape index (κ2) is 2.48. The number of rotatable bonds is 0. The van der Waals surface area contributed by atoms with Crippen LogP contribution in [0.1, 0.15) is 6.42 Å². The molecule has 0 radical (unpaired) electrons. The molecule has 1 heterocycles. The Kier molecular flexibility index (Phi) is 1.67. The standard InChI is InChI=1S/C5H8N2O2/c1-9-5(8)7-4-2-3-6-7/h3H,2,4H2,1H3. The molecule has 4 heteroatoms. The molecule has 0 spiro atoms. The summed E-state index contributed by atoms with van der Waals surface area (Å²) < 4.78 is 4.41. The molecule has 9 heavy (non-hydrogen) atoms. The molecule has 1 rings (SSSR count). The number of amides is 1. The molecule has 1 aliphatic rings. The van der Waals surface area contributed by atoms with Crippen molar-refractivity contribution in [1.29, 1.82) is 0 Å². The van der Waals surface area contributed by atoms with E-state index in [1.807, 2.05) is 0 Å². The number of methoxy groups -OCH3 is 1. The molecule has 0 saturated heterocycles. The molecule has 1 amide bonds. The van der Waals surface area contributed by atoms with Crippen LogP contribution < -0.4 is 0 Å². The molecule has 0 unspecified atom stereocenters. The second-order valence-electron chi connectivity index (χ2n) is 1.68. The van der Waals surface area contributed by atoms with Crippen LogP contribution >= 0.6 is 0 Å². The van der Waals surface area contributed by atoms with Crippen molar-refractivity contribution in [3.63, 3.8) is 0 Å². The van der Waals surface area contributed by atoms with Crippen LogP contribution in [0.5, 0.6) is 0 Å². The first-order chi connectivity index (χ1) is 4.34. The second-order valence-corrected chi connectivity index (χ2v) is 1.68. The summed E-state index contributed by atoms with van der Waals surface area (Å²) in [4.78, 5) is 10.6. The Morgan fingerprint density at radius 2 is 2.67 bits per heavy atom. The van der Waals surface area contributed by atoms with E-state index in [0.29, 0.717) is 6.54 Å². The molecule has 0 saturated carbocycles. The van der Waals surface area contributed by atoms with Crippen LogP contribution in [0.15, 0.2) is 5.10 Å². The lowest BCUT2D eigenvalue weighted by atomic mass is 10.5. The van der Waals surface area contributed by atoms with Gasteiger partial charge in [-0.25, -0.2) is 4.79 Å². The number of carbonyl (C=O) groups is 1. The van der Waals surface area contributed by atoms with Gasteiger partial charge in [0.05, 0.1) is 13.7 Å². The molecular weight excluding hydrogens is 120 g/mol. The SMILES string of the molecule is COC(=O)N1CCC=N1. The van der Waals surface area contributed by atoms with Crippen molar-refractivity contribution >= 4 is 12.3 Å². The Morgan fingerprint density at radius 1 is 1.89 bits per heavy atom. The third-order valence-electron chi connectivity index (χ3n) is 1.08. The molecule has 50 valence electrons. The van der Waals surface area contributed by atoms with Gasteiger partial charge in [0.1, 0.15) is 0 Å². The van der Waals surface area contributed by atoms with Gasteiger partial charge >= 0.3 is 6.09 Å². The highest BCUT2D eigenvalue weighted by molar-refractivity contribution is 5.71. The van der Waals surface area contributed by atoms with Crippen molar-refractivity contribution < 1.29 is 9.53 Å². The summed E-state index contributed by atoms with van der Waals surface area (Å²) in [7, 11) is 1.34. The van der Waals surface area contributed by atoms with Crippen molar-refractivity contribution in [2.75, 3.05) is 13.7 Å². The molecule has 0 fully saturated rings. The molecular formula is C5H8N2O2. The Morgan fingerprint density at radius 3 is 3.11 bits per heavy atom. The van der Waals surface area contributed by atoms with Gasteiger partial charge in [-0.3, -0.25) is 0 Å². The van der Waals surface area contributed by atoms with E-state index in [1.54, 1.807) is 6.21 Å². The van der Waals surface area contributed by atoms with E-state index in [-0.39, 0.29) is 6.09 Å². The van der Waals surface area contributed by atoms with E-state index in [4.69, 9.17) is 0 Å². The number of hydrogen-bond acceptors (Lipinski definition) is 3. The van der Waals surface area contributed by atoms with E-state index < -0.39 is 0 Å². The monoisotopic (exact) mass is 128 g/mol. The fraction of sp³-hybridized carbons (Fsp3) is 0.600. The summed E-state index contributed by atoms with van der Waals surface area (Å²) in [5.74, 6) is 0. The molecule has 0 aromatic rings. The summed E-state index contributed by atoms with van der Waals surface area (Å²) in [6.07, 6.45) is 2.13. The maximum Gasteiger partial charge on any atom is 0.430 e. The van der Waals surface area contributed by atoms with E-state index in [1.165, 1.54) is 12.1 Å². The van der Waals surface area contributed by atoms with Gasteiger partial charge < -0.3 is 4.74 Å². The van der Waals surface area contributed by atoms with Crippen LogP contribution in [-0.4, -0.2) is 31.0 Å². The first-order valence-corrected chi connectivity index (χ1v) is 2.72. The summed E-state index contributed by atoms with van der Waals surface area (Å²) >= 11 is 0. The zero-order chi connectivity index (χ0) is 6.69. The molecule has 0 bridgehead atoms. The first-order valence-electron chi connectivity index (χ1n) is 2.72. The van der Waals surface area contributed by atoms with Crippen molar-refractivity contribution in [3.05, 3.63) is 0 Å². The van der Waals surface area contributed by atoms with Crippen molar-refractivity contribution in [2.24, 2.45) is 5.10 Å². The average Bonchev–Trinajstić information content (AvgIpc) is 2.37. The maximum atomic E-state index is 10.6. The number of hydrazone groups is 1. The molecule has 0 N–H and O–H groups in total. The Bertz CT molecular complexity index is 144. The zero-order valence-corrected chi connectivity index (χ0v) is 5.20. The highest BCUT2D eigenvalue weighted by Gasteiger charge is 2.13. The van der Waals surface area contributed by atoms with Gasteiger partial charge in [-0.1, -0.05) is 0 Å². The lowest BCUT2D eigenvalue weighted by Crippen LogP contribution is -2.22. The minimum absolute atomic E-state index is 0.385. The van der Waals surface area contributed by atoms with Crippen LogP contribution in [0.2, 0.25) is 0 Å². The average molecular weight is 128 g/mol. The summed E-state index contributed by atoms with van der Waals surface area (Å²) in [6.45, 7) is 0.646. The number of carbonyl (C=O) groups excluding carboxylic acids is 1. The lowest BCUT2D eigenvalue weighted by Gasteiger charge is -2.07. The number of hydrogen-bond donors (Lipinski definition) is 0. The Labute approximate surface area is 53.1 Å². The van der Waals surface area contributed by atoms with Gasteiger partial charge in [0.15, 0.2) is 0 Å². The molecule has 0 aliphatic carbocycles. The molecule has 0 aromatic heterocycles. The van der Waals surface area contributed by atoms with E-state index >= 15 is 0 Å². The van der Waals surface area contributed by atoms with Crippen molar-refractivity contribution in [1.82, 2.24) is 5.01 Å². The summed E-state index contributed by atoms with van der Waals surface area (Å²) in [5.41, 5.74) is 0. The highest BCUT2D eigenvalue weighted by Crippen LogP contribution is 2.00. The van der Waals surface area contributed by atoms with E-state index in [2.05, 4.69) is 9.84 Å². The van der Waals surface area contributed by atoms with Crippen LogP contribution in [0, 0.1) is 0 Å². The highest BCUT2D eigenvalue weighted by atomic mass is 16.5. The van der Waals surface area contributed by atoms with Crippen molar-refractivity contribution in [2.45, 2.75) is 6.42 Å². The number of ether oxygens (including phenoxy) is 1. The van der Waals surface area contributed by atoms with Gasteiger partial charge in [-0.05, 0) is 0 Å². The largest absolute Gasteiger partial charge is 0.451 e. The van der Waals surface area contributed by atoms with Gasteiger partial charge in [-0.2, -0.15) is 10.1 Å². The Balaban J connectivity index is 2.43. The van der Waals surface area contributed by atoms with Crippen LogP contribution in [0.25, 0.3) is 0 Å². The van der Waals surface area contributed by atoms with Crippen LogP contribution in [0.3, 0.4) is 0 Å². The van der Waals surface area contributed by atoms with Crippen molar-refractivity contribution in [3.8, 4) is 0 Å². The third-order valence-corrected chi connectivity index (χ3v) is 1.08. The third kappa shape index (κ3) is 1.19. The fourth-order valence-corrected chi connectivity index (χ4v) is 0.638. The molecule has 1 aliphatic heterocycles. The van der Waals surface area contributed by atoms with E-state index in [0.717, 1.165) is 6.42 Å². The topological polar surface area (TPSA) is 41.9 Å². The van der Waals surface area contributed by atoms with Gasteiger partial charge in [0, 0.05) is 12.6 Å². The van der Waals surface area contributed by atoms with Crippen LogP contribution in [-0.2, 0) is 4.74 Å². The molecule has 4 nitrogen and oxygen atoms in total. The zero-order valence-electron chi connectivity index (χ0n) is 5.20. The summed E-state index contributed by atoms with van der Waals surface area (Å²) in [6, 6.07) is 0. The Hall–Kier alpha value is -1.06. The minimum Gasteiger partial charge on any atom is -0.451 e. The van der Waals surface area contributed by atoms with Gasteiger partial charge in [0.2, 0.25) is 0 Å². The van der Waals surface area contributed by atoms with Gasteiger partial charge in [-0.15, -0.1) is 0 Å². The predicted molar refractivity (Wildman–Crippen MR) is 32.2 cm³/mol. The first kappa shape index (κ1) is 6.07. The summed E-state index contributed by atoms with van der Waals surface area (Å²) in [5, 5.41) is 5.03. The number of nitrogens with zero attached hydrogens (tertiary/aromatic N) is 2. The quantitative estimate of drug-likeness (QED) is 0.475. The molecule has 0 aromatic carbocycles. The smallest absolute Gasteiger partial charge is 0.430 e. The fourth-order valence-electron chi connectivity index (χ4n) is 0.638. The minimum atomic E-state index is -0.385. The molecule has 0 atom stereocenters. The predicted octanol–water partition coefficient (Wildman–Crippen LogP) is 0.444.